The van der Waals surface area contributed by atoms with Crippen LogP contribution in [0.5, 0.6) is 0 Å². The molecule has 0 fully saturated rings. The summed E-state index contributed by atoms with van der Waals surface area (Å²) in [6.45, 7) is 7.83. The number of allylic oxidation sites excluding steroid dienone is 6. The molecule has 0 bridgehead atoms. The number of carbonyl (C=O) groups excluding carboxylic acids is 1. The molecule has 0 aliphatic heterocycles. The third-order valence-corrected chi connectivity index (χ3v) is 5.42. The van der Waals surface area contributed by atoms with E-state index in [9.17, 15) is 4.79 Å². The molecule has 5 N–H and O–H groups in total. The van der Waals surface area contributed by atoms with Crippen LogP contribution in [0.15, 0.2) is 36.5 Å². The largest absolute Gasteiger partial charge is 0.356 e. The quantitative estimate of drug-likeness (QED) is 0.108. The highest BCUT2D eigenvalue weighted by Crippen LogP contribution is 2.08. The maximum Gasteiger partial charge on any atom is 0.219 e. The predicted octanol–water partition coefficient (Wildman–Crippen LogP) is 5.39. The van der Waals surface area contributed by atoms with Gasteiger partial charge in [0.2, 0.25) is 5.91 Å². The number of hydrogen-bond acceptors (Lipinski definition) is 4. The molecule has 5 heteroatoms. The van der Waals surface area contributed by atoms with Crippen molar-refractivity contribution >= 4 is 5.91 Å². The standard InChI is InChI=1S/C28H54N4O/c1-2-3-4-5-6-7-8-9-10-11-12-13-14-15-16-21-28(33)32-27-20-26-31-24-18-17-23-30-25-19-22-29/h3-4,6-7,9-10,30-31H,2,5,8,11-27,29H2,1H3,(H,32,33)/b4-3-,7-6-,10-9-. The second-order valence-corrected chi connectivity index (χ2v) is 8.65. The Hall–Kier alpha value is -1.43. The molecule has 5 nitrogen and oxygen atoms in total. The van der Waals surface area contributed by atoms with Crippen LogP contribution in [0.3, 0.4) is 0 Å². The molecule has 0 saturated carbocycles. The summed E-state index contributed by atoms with van der Waals surface area (Å²) in [6.07, 6.45) is 28.9. The second-order valence-electron chi connectivity index (χ2n) is 8.65. The molecule has 0 aromatic rings. The summed E-state index contributed by atoms with van der Waals surface area (Å²) in [6, 6.07) is 0. The van der Waals surface area contributed by atoms with Gasteiger partial charge in [-0.3, -0.25) is 4.79 Å². The summed E-state index contributed by atoms with van der Waals surface area (Å²) >= 11 is 0. The van der Waals surface area contributed by atoms with E-state index >= 15 is 0 Å². The minimum absolute atomic E-state index is 0.208. The molecule has 0 unspecified atom stereocenters. The predicted molar refractivity (Wildman–Crippen MR) is 146 cm³/mol. The number of hydrogen-bond donors (Lipinski definition) is 4. The Bertz CT molecular complexity index is 488. The minimum Gasteiger partial charge on any atom is -0.356 e. The molecule has 192 valence electrons. The fourth-order valence-electron chi connectivity index (χ4n) is 3.41. The first-order valence-electron chi connectivity index (χ1n) is 13.6. The van der Waals surface area contributed by atoms with Gasteiger partial charge in [-0.2, -0.15) is 0 Å². The average Bonchev–Trinajstić information content (AvgIpc) is 2.82. The highest BCUT2D eigenvalue weighted by Gasteiger charge is 2.00. The molecule has 0 radical (unpaired) electrons. The maximum atomic E-state index is 11.9. The molecule has 0 aliphatic rings. The van der Waals surface area contributed by atoms with Crippen molar-refractivity contribution in [3.05, 3.63) is 36.5 Å². The minimum atomic E-state index is 0.208. The number of nitrogens with one attached hydrogen (secondary N) is 3. The number of nitrogens with two attached hydrogens (primary N) is 1. The first-order valence-corrected chi connectivity index (χ1v) is 13.6. The van der Waals surface area contributed by atoms with E-state index < -0.39 is 0 Å². The van der Waals surface area contributed by atoms with Gasteiger partial charge in [-0.25, -0.2) is 0 Å². The normalized spacial score (nSPS) is 11.9. The van der Waals surface area contributed by atoms with Gasteiger partial charge in [-0.15, -0.1) is 0 Å². The third-order valence-electron chi connectivity index (χ3n) is 5.42. The van der Waals surface area contributed by atoms with Crippen LogP contribution in [0, 0.1) is 0 Å². The van der Waals surface area contributed by atoms with Crippen molar-refractivity contribution in [3.8, 4) is 0 Å². The first-order chi connectivity index (χ1) is 16.3. The summed E-state index contributed by atoms with van der Waals surface area (Å²) < 4.78 is 0. The number of amides is 1. The van der Waals surface area contributed by atoms with Crippen molar-refractivity contribution in [2.45, 2.75) is 96.8 Å². The molecule has 0 heterocycles. The number of unbranched alkanes of at least 4 members (excludes halogenated alkanes) is 6. The lowest BCUT2D eigenvalue weighted by atomic mass is 10.1. The van der Waals surface area contributed by atoms with Gasteiger partial charge >= 0.3 is 0 Å². The molecule has 0 aromatic heterocycles. The molecule has 0 atom stereocenters. The van der Waals surface area contributed by atoms with E-state index in [1.165, 1.54) is 38.5 Å². The molecule has 1 amide bonds. The van der Waals surface area contributed by atoms with Crippen LogP contribution < -0.4 is 21.7 Å². The number of carbonyl (C=O) groups is 1. The SMILES string of the molecule is CC/C=C\C/C=C\C/C=C\CCCCCCCC(=O)NCCCNCCCCNCCCN. The maximum absolute atomic E-state index is 11.9. The highest BCUT2D eigenvalue weighted by atomic mass is 16.1. The van der Waals surface area contributed by atoms with Crippen LogP contribution in [-0.2, 0) is 4.79 Å². The van der Waals surface area contributed by atoms with Crippen LogP contribution in [0.1, 0.15) is 96.8 Å². The van der Waals surface area contributed by atoms with Crippen LogP contribution in [0.25, 0.3) is 0 Å². The van der Waals surface area contributed by atoms with E-state index in [-0.39, 0.29) is 5.91 Å². The molecule has 0 rings (SSSR count). The monoisotopic (exact) mass is 462 g/mol. The molecule has 0 spiro atoms. The van der Waals surface area contributed by atoms with E-state index in [0.717, 1.165) is 84.2 Å². The molecular formula is C28H54N4O. The van der Waals surface area contributed by atoms with E-state index in [4.69, 9.17) is 5.73 Å². The smallest absolute Gasteiger partial charge is 0.219 e. The zero-order chi connectivity index (χ0) is 24.1. The molecule has 0 saturated heterocycles. The first kappa shape index (κ1) is 31.6. The van der Waals surface area contributed by atoms with Crippen molar-refractivity contribution in [2.75, 3.05) is 39.3 Å². The fourth-order valence-corrected chi connectivity index (χ4v) is 3.41. The summed E-state index contributed by atoms with van der Waals surface area (Å²) in [5.74, 6) is 0.208. The van der Waals surface area contributed by atoms with Gasteiger partial charge in [0, 0.05) is 13.0 Å². The van der Waals surface area contributed by atoms with Crippen molar-refractivity contribution in [3.63, 3.8) is 0 Å². The van der Waals surface area contributed by atoms with E-state index in [0.29, 0.717) is 6.42 Å². The Morgan fingerprint density at radius 1 is 0.636 bits per heavy atom. The van der Waals surface area contributed by atoms with Crippen LogP contribution in [0.2, 0.25) is 0 Å². The van der Waals surface area contributed by atoms with Crippen molar-refractivity contribution < 1.29 is 4.79 Å². The van der Waals surface area contributed by atoms with Gasteiger partial charge in [0.25, 0.3) is 0 Å². The van der Waals surface area contributed by atoms with E-state index in [2.05, 4.69) is 59.3 Å². The average molecular weight is 463 g/mol. The highest BCUT2D eigenvalue weighted by molar-refractivity contribution is 5.75. The van der Waals surface area contributed by atoms with Gasteiger partial charge < -0.3 is 21.7 Å². The molecular weight excluding hydrogens is 408 g/mol. The topological polar surface area (TPSA) is 79.2 Å². The van der Waals surface area contributed by atoms with E-state index in [1.807, 2.05) is 0 Å². The lowest BCUT2D eigenvalue weighted by molar-refractivity contribution is -0.121. The lowest BCUT2D eigenvalue weighted by Gasteiger charge is -2.07. The Balaban J connectivity index is 3.26. The Morgan fingerprint density at radius 2 is 1.21 bits per heavy atom. The molecule has 0 aromatic carbocycles. The fraction of sp³-hybridized carbons (Fsp3) is 0.750. The second kappa shape index (κ2) is 28.6. The van der Waals surface area contributed by atoms with Crippen LogP contribution in [0.4, 0.5) is 0 Å². The summed E-state index contributed by atoms with van der Waals surface area (Å²) in [7, 11) is 0. The van der Waals surface area contributed by atoms with E-state index in [1.54, 1.807) is 0 Å². The van der Waals surface area contributed by atoms with Crippen LogP contribution in [-0.4, -0.2) is 45.2 Å². The van der Waals surface area contributed by atoms with Gasteiger partial charge in [0.05, 0.1) is 0 Å². The van der Waals surface area contributed by atoms with Gasteiger partial charge in [0.15, 0.2) is 0 Å². The van der Waals surface area contributed by atoms with Crippen molar-refractivity contribution in [2.24, 2.45) is 5.73 Å². The Morgan fingerprint density at radius 3 is 1.91 bits per heavy atom. The summed E-state index contributed by atoms with van der Waals surface area (Å²) in [5, 5.41) is 9.89. The summed E-state index contributed by atoms with van der Waals surface area (Å²) in [5.41, 5.74) is 5.46. The van der Waals surface area contributed by atoms with Gasteiger partial charge in [-0.05, 0) is 96.9 Å². The lowest BCUT2D eigenvalue weighted by Crippen LogP contribution is -2.27. The summed E-state index contributed by atoms with van der Waals surface area (Å²) in [4.78, 5) is 11.9. The molecule has 33 heavy (non-hydrogen) atoms. The van der Waals surface area contributed by atoms with Gasteiger partial charge in [-0.1, -0.05) is 62.6 Å². The zero-order valence-corrected chi connectivity index (χ0v) is 21.6. The van der Waals surface area contributed by atoms with Gasteiger partial charge in [0.1, 0.15) is 0 Å². The van der Waals surface area contributed by atoms with Crippen LogP contribution >= 0.6 is 0 Å². The Labute approximate surface area is 205 Å². The zero-order valence-electron chi connectivity index (χ0n) is 21.6. The third kappa shape index (κ3) is 28.5. The van der Waals surface area contributed by atoms with Crippen molar-refractivity contribution in [1.29, 1.82) is 0 Å². The molecule has 0 aliphatic carbocycles. The van der Waals surface area contributed by atoms with Crippen molar-refractivity contribution in [1.82, 2.24) is 16.0 Å². The Kier molecular flexibility index (Phi) is 27.4. The number of rotatable bonds is 25.